The first-order valence-electron chi connectivity index (χ1n) is 7.86. The highest BCUT2D eigenvalue weighted by Crippen LogP contribution is 2.18. The molecule has 2 nitrogen and oxygen atoms in total. The molecule has 1 amide bonds. The number of carbonyl (C=O) groups is 1. The summed E-state index contributed by atoms with van der Waals surface area (Å²) in [6, 6.07) is 14.7. The van der Waals surface area contributed by atoms with E-state index in [1.807, 2.05) is 26.0 Å². The lowest BCUT2D eigenvalue weighted by Gasteiger charge is -2.13. The van der Waals surface area contributed by atoms with Gasteiger partial charge in [-0.05, 0) is 55.9 Å². The molecule has 0 spiro atoms. The molecule has 0 heterocycles. The molecule has 0 fully saturated rings. The molecule has 116 valence electrons. The molecule has 2 heteroatoms. The van der Waals surface area contributed by atoms with Crippen LogP contribution in [0.2, 0.25) is 0 Å². The van der Waals surface area contributed by atoms with Crippen molar-refractivity contribution >= 4 is 11.6 Å². The van der Waals surface area contributed by atoms with Crippen LogP contribution in [0.3, 0.4) is 0 Å². The highest BCUT2D eigenvalue weighted by molar-refractivity contribution is 5.91. The van der Waals surface area contributed by atoms with Crippen LogP contribution in [0, 0.1) is 26.7 Å². The van der Waals surface area contributed by atoms with Crippen molar-refractivity contribution in [2.45, 2.75) is 40.5 Å². The van der Waals surface area contributed by atoms with Crippen molar-refractivity contribution < 1.29 is 4.79 Å². The standard InChI is InChI=1S/C20H25NO/c1-14-6-9-18(10-7-14)11-16(3)13-20(22)21-19-12-15(2)5-8-17(19)4/h5-10,12,16H,11,13H2,1-4H3,(H,21,22)/t16-/m0/s1. The number of hydrogen-bond donors (Lipinski definition) is 1. The number of nitrogens with one attached hydrogen (secondary N) is 1. The zero-order chi connectivity index (χ0) is 16.1. The third-order valence-corrected chi connectivity index (χ3v) is 3.91. The van der Waals surface area contributed by atoms with Crippen LogP contribution in [0.15, 0.2) is 42.5 Å². The minimum Gasteiger partial charge on any atom is -0.326 e. The molecule has 22 heavy (non-hydrogen) atoms. The molecule has 0 aliphatic heterocycles. The Morgan fingerprint density at radius 1 is 1.00 bits per heavy atom. The highest BCUT2D eigenvalue weighted by Gasteiger charge is 2.11. The molecule has 2 rings (SSSR count). The van der Waals surface area contributed by atoms with Gasteiger partial charge in [-0.2, -0.15) is 0 Å². The van der Waals surface area contributed by atoms with Crippen LogP contribution in [-0.4, -0.2) is 5.91 Å². The van der Waals surface area contributed by atoms with Crippen molar-refractivity contribution in [1.29, 1.82) is 0 Å². The summed E-state index contributed by atoms with van der Waals surface area (Å²) >= 11 is 0. The predicted molar refractivity (Wildman–Crippen MR) is 93.2 cm³/mol. The SMILES string of the molecule is Cc1ccc(C[C@H](C)CC(=O)Nc2cc(C)ccc2C)cc1. The number of anilines is 1. The number of carbonyl (C=O) groups excluding carboxylic acids is 1. The molecule has 0 aliphatic carbocycles. The molecule has 0 aliphatic rings. The molecule has 0 unspecified atom stereocenters. The maximum atomic E-state index is 12.2. The molecule has 0 saturated heterocycles. The van der Waals surface area contributed by atoms with E-state index in [2.05, 4.69) is 49.5 Å². The van der Waals surface area contributed by atoms with E-state index in [0.717, 1.165) is 23.2 Å². The van der Waals surface area contributed by atoms with Crippen LogP contribution in [0.25, 0.3) is 0 Å². The van der Waals surface area contributed by atoms with Crippen LogP contribution in [0.1, 0.15) is 35.6 Å². The van der Waals surface area contributed by atoms with Gasteiger partial charge < -0.3 is 5.32 Å². The van der Waals surface area contributed by atoms with Crippen molar-refractivity contribution in [3.63, 3.8) is 0 Å². The van der Waals surface area contributed by atoms with Gasteiger partial charge in [0.1, 0.15) is 0 Å². The van der Waals surface area contributed by atoms with Gasteiger partial charge in [-0.25, -0.2) is 0 Å². The molecule has 2 aromatic carbocycles. The van der Waals surface area contributed by atoms with Gasteiger partial charge in [0.05, 0.1) is 0 Å². The predicted octanol–water partition coefficient (Wildman–Crippen LogP) is 4.82. The van der Waals surface area contributed by atoms with Crippen molar-refractivity contribution in [3.8, 4) is 0 Å². The second-order valence-electron chi connectivity index (χ2n) is 6.37. The van der Waals surface area contributed by atoms with E-state index in [-0.39, 0.29) is 5.91 Å². The third-order valence-electron chi connectivity index (χ3n) is 3.91. The van der Waals surface area contributed by atoms with E-state index in [9.17, 15) is 4.79 Å². The van der Waals surface area contributed by atoms with Gasteiger partial charge in [-0.15, -0.1) is 0 Å². The summed E-state index contributed by atoms with van der Waals surface area (Å²) in [5, 5.41) is 3.04. The topological polar surface area (TPSA) is 29.1 Å². The van der Waals surface area contributed by atoms with Crippen LogP contribution in [0.4, 0.5) is 5.69 Å². The molecule has 2 aromatic rings. The fourth-order valence-corrected chi connectivity index (χ4v) is 2.59. The van der Waals surface area contributed by atoms with E-state index in [1.54, 1.807) is 0 Å². The van der Waals surface area contributed by atoms with E-state index < -0.39 is 0 Å². The Balaban J connectivity index is 1.91. The Bertz CT molecular complexity index is 643. The molecule has 0 bridgehead atoms. The van der Waals surface area contributed by atoms with Gasteiger partial charge in [0.15, 0.2) is 0 Å². The summed E-state index contributed by atoms with van der Waals surface area (Å²) in [5.41, 5.74) is 5.74. The summed E-state index contributed by atoms with van der Waals surface area (Å²) < 4.78 is 0. The second kappa shape index (κ2) is 7.26. The minimum atomic E-state index is 0.0910. The number of amides is 1. The average molecular weight is 295 g/mol. The normalized spacial score (nSPS) is 12.0. The first-order chi connectivity index (χ1) is 10.4. The Morgan fingerprint density at radius 3 is 2.32 bits per heavy atom. The highest BCUT2D eigenvalue weighted by atomic mass is 16.1. The van der Waals surface area contributed by atoms with Gasteiger partial charge >= 0.3 is 0 Å². The van der Waals surface area contributed by atoms with Crippen LogP contribution < -0.4 is 5.32 Å². The monoisotopic (exact) mass is 295 g/mol. The van der Waals surface area contributed by atoms with Gasteiger partial charge in [0.25, 0.3) is 0 Å². The van der Waals surface area contributed by atoms with Gasteiger partial charge in [-0.1, -0.05) is 48.9 Å². The van der Waals surface area contributed by atoms with E-state index in [1.165, 1.54) is 11.1 Å². The maximum absolute atomic E-state index is 12.2. The lowest BCUT2D eigenvalue weighted by molar-refractivity contribution is -0.116. The van der Waals surface area contributed by atoms with Crippen molar-refractivity contribution in [1.82, 2.24) is 0 Å². The molecule has 0 saturated carbocycles. The van der Waals surface area contributed by atoms with Crippen molar-refractivity contribution in [3.05, 3.63) is 64.7 Å². The zero-order valence-electron chi connectivity index (χ0n) is 13.9. The van der Waals surface area contributed by atoms with Crippen LogP contribution in [-0.2, 0) is 11.2 Å². The molecule has 1 atom stereocenters. The lowest BCUT2D eigenvalue weighted by Crippen LogP contribution is -2.17. The molecule has 0 aromatic heterocycles. The summed E-state index contributed by atoms with van der Waals surface area (Å²) in [4.78, 5) is 12.2. The van der Waals surface area contributed by atoms with E-state index >= 15 is 0 Å². The van der Waals surface area contributed by atoms with Gasteiger partial charge in [0.2, 0.25) is 5.91 Å². The first-order valence-corrected chi connectivity index (χ1v) is 7.86. The quantitative estimate of drug-likeness (QED) is 0.842. The largest absolute Gasteiger partial charge is 0.326 e. The third kappa shape index (κ3) is 4.73. The van der Waals surface area contributed by atoms with Crippen LogP contribution in [0.5, 0.6) is 0 Å². The van der Waals surface area contributed by atoms with Gasteiger partial charge in [0, 0.05) is 12.1 Å². The fraction of sp³-hybridized carbons (Fsp3) is 0.350. The Kier molecular flexibility index (Phi) is 5.37. The molecule has 0 radical (unpaired) electrons. The number of hydrogen-bond acceptors (Lipinski definition) is 1. The average Bonchev–Trinajstić information content (AvgIpc) is 2.45. The summed E-state index contributed by atoms with van der Waals surface area (Å²) in [5.74, 6) is 0.418. The summed E-state index contributed by atoms with van der Waals surface area (Å²) in [6.45, 7) is 8.27. The first kappa shape index (κ1) is 16.3. The van der Waals surface area contributed by atoms with E-state index in [0.29, 0.717) is 12.3 Å². The number of rotatable bonds is 5. The smallest absolute Gasteiger partial charge is 0.224 e. The molecule has 1 N–H and O–H groups in total. The number of aryl methyl sites for hydroxylation is 3. The molecular formula is C20H25NO. The van der Waals surface area contributed by atoms with Crippen molar-refractivity contribution in [2.75, 3.05) is 5.32 Å². The van der Waals surface area contributed by atoms with Gasteiger partial charge in [-0.3, -0.25) is 4.79 Å². The Hall–Kier alpha value is -2.09. The second-order valence-corrected chi connectivity index (χ2v) is 6.37. The minimum absolute atomic E-state index is 0.0910. The number of benzene rings is 2. The summed E-state index contributed by atoms with van der Waals surface area (Å²) in [7, 11) is 0. The fourth-order valence-electron chi connectivity index (χ4n) is 2.59. The van der Waals surface area contributed by atoms with Crippen molar-refractivity contribution in [2.24, 2.45) is 5.92 Å². The van der Waals surface area contributed by atoms with E-state index in [4.69, 9.17) is 0 Å². The maximum Gasteiger partial charge on any atom is 0.224 e. The van der Waals surface area contributed by atoms with Crippen LogP contribution >= 0.6 is 0 Å². The Morgan fingerprint density at radius 2 is 1.64 bits per heavy atom. The Labute approximate surface area is 133 Å². The zero-order valence-corrected chi connectivity index (χ0v) is 13.9. The lowest BCUT2D eigenvalue weighted by atomic mass is 9.97. The summed E-state index contributed by atoms with van der Waals surface area (Å²) in [6.07, 6.45) is 1.47. The molecular weight excluding hydrogens is 270 g/mol.